The third-order valence-electron chi connectivity index (χ3n) is 5.12. The molecule has 0 aliphatic carbocycles. The molecule has 2 aromatic carbocycles. The topological polar surface area (TPSA) is 78.3 Å². The van der Waals surface area contributed by atoms with Crippen molar-refractivity contribution in [2.75, 3.05) is 18.2 Å². The van der Waals surface area contributed by atoms with Crippen LogP contribution in [0.2, 0.25) is 10.0 Å². The summed E-state index contributed by atoms with van der Waals surface area (Å²) in [5.41, 5.74) is 2.85. The van der Waals surface area contributed by atoms with Gasteiger partial charge in [-0.05, 0) is 42.5 Å². The number of carbonyl (C=O) groups is 1. The number of nitrogens with one attached hydrogen (secondary N) is 1. The third kappa shape index (κ3) is 4.98. The van der Waals surface area contributed by atoms with Gasteiger partial charge in [-0.25, -0.2) is 9.48 Å². The molecule has 7 nitrogen and oxygen atoms in total. The number of hydrogen-bond donors (Lipinski definition) is 1. The van der Waals surface area contributed by atoms with Gasteiger partial charge in [-0.2, -0.15) is 4.98 Å². The van der Waals surface area contributed by atoms with Crippen LogP contribution in [-0.2, 0) is 16.1 Å². The summed E-state index contributed by atoms with van der Waals surface area (Å²) in [4.78, 5) is 17.2. The lowest BCUT2D eigenvalue weighted by Crippen LogP contribution is -2.29. The highest BCUT2D eigenvalue weighted by Crippen LogP contribution is 2.37. The minimum atomic E-state index is -0.479. The van der Waals surface area contributed by atoms with Crippen LogP contribution in [0.3, 0.4) is 0 Å². The first kappa shape index (κ1) is 23.5. The fraction of sp³-hybridized carbons (Fsp3) is 0.261. The summed E-state index contributed by atoms with van der Waals surface area (Å²) in [5.74, 6) is 1.67. The van der Waals surface area contributed by atoms with Crippen LogP contribution in [0.25, 0.3) is 0 Å². The summed E-state index contributed by atoms with van der Waals surface area (Å²) in [6.45, 7) is 4.17. The number of thioether (sulfide) groups is 1. The van der Waals surface area contributed by atoms with Crippen molar-refractivity contribution in [3.05, 3.63) is 74.9 Å². The molecule has 1 atom stereocenters. The predicted molar refractivity (Wildman–Crippen MR) is 130 cm³/mol. The summed E-state index contributed by atoms with van der Waals surface area (Å²) >= 11 is 13.7. The zero-order valence-electron chi connectivity index (χ0n) is 18.3. The van der Waals surface area contributed by atoms with Crippen LogP contribution in [0.15, 0.2) is 58.9 Å². The van der Waals surface area contributed by atoms with Crippen LogP contribution in [0.4, 0.5) is 5.95 Å². The van der Waals surface area contributed by atoms with E-state index >= 15 is 0 Å². The van der Waals surface area contributed by atoms with Gasteiger partial charge in [0.1, 0.15) is 18.4 Å². The number of hydrogen-bond acceptors (Lipinski definition) is 7. The molecule has 1 aromatic heterocycles. The number of nitrogens with zero attached hydrogens (tertiary/aromatic N) is 3. The maximum absolute atomic E-state index is 12.7. The Morgan fingerprint density at radius 1 is 1.21 bits per heavy atom. The van der Waals surface area contributed by atoms with E-state index < -0.39 is 12.0 Å². The number of ether oxygens (including phenoxy) is 2. The van der Waals surface area contributed by atoms with Crippen LogP contribution in [0, 0.1) is 0 Å². The Hall–Kier alpha value is -2.68. The second-order valence-electron chi connectivity index (χ2n) is 7.25. The zero-order valence-corrected chi connectivity index (χ0v) is 20.6. The van der Waals surface area contributed by atoms with Crippen molar-refractivity contribution in [1.82, 2.24) is 14.8 Å². The molecule has 0 amide bonds. The molecule has 0 saturated carbocycles. The lowest BCUT2D eigenvalue weighted by atomic mass is 9.96. The first-order chi connectivity index (χ1) is 15.9. The Balaban J connectivity index is 1.62. The number of allylic oxidation sites excluding steroid dienone is 1. The van der Waals surface area contributed by atoms with Crippen LogP contribution in [0.1, 0.15) is 31.0 Å². The van der Waals surface area contributed by atoms with E-state index in [1.54, 1.807) is 16.8 Å². The summed E-state index contributed by atoms with van der Waals surface area (Å²) in [6.07, 6.45) is 0. The molecule has 2 heterocycles. The quantitative estimate of drug-likeness (QED) is 0.324. The van der Waals surface area contributed by atoms with Crippen molar-refractivity contribution in [2.45, 2.75) is 31.7 Å². The van der Waals surface area contributed by atoms with Crippen molar-refractivity contribution in [1.29, 1.82) is 0 Å². The number of carbonyl (C=O) groups excluding carboxylic acids is 1. The molecular formula is C23H22Cl2N4O3S. The van der Waals surface area contributed by atoms with E-state index in [-0.39, 0.29) is 0 Å². The third-order valence-corrected chi connectivity index (χ3v) is 6.42. The first-order valence-electron chi connectivity index (χ1n) is 10.2. The average Bonchev–Trinajstić information content (AvgIpc) is 3.19. The summed E-state index contributed by atoms with van der Waals surface area (Å²) in [7, 11) is 1.37. The Morgan fingerprint density at radius 3 is 2.64 bits per heavy atom. The summed E-state index contributed by atoms with van der Waals surface area (Å²) < 4.78 is 12.7. The number of halogens is 2. The van der Waals surface area contributed by atoms with Gasteiger partial charge >= 0.3 is 5.97 Å². The molecule has 1 N–H and O–H groups in total. The van der Waals surface area contributed by atoms with Gasteiger partial charge < -0.3 is 14.8 Å². The van der Waals surface area contributed by atoms with E-state index in [4.69, 9.17) is 32.7 Å². The highest BCUT2D eigenvalue weighted by Gasteiger charge is 2.34. The first-order valence-corrected chi connectivity index (χ1v) is 12.0. The van der Waals surface area contributed by atoms with Crippen LogP contribution < -0.4 is 10.1 Å². The highest BCUT2D eigenvalue weighted by molar-refractivity contribution is 7.99. The smallest absolute Gasteiger partial charge is 0.338 e. The molecule has 1 unspecified atom stereocenters. The molecule has 0 fully saturated rings. The van der Waals surface area contributed by atoms with Gasteiger partial charge in [0.2, 0.25) is 11.1 Å². The van der Waals surface area contributed by atoms with Gasteiger partial charge in [-0.15, -0.1) is 5.10 Å². The largest absolute Gasteiger partial charge is 0.489 e. The molecule has 1 aliphatic rings. The van der Waals surface area contributed by atoms with Crippen LogP contribution in [0.5, 0.6) is 5.75 Å². The number of benzene rings is 2. The van der Waals surface area contributed by atoms with Crippen molar-refractivity contribution in [3.8, 4) is 5.75 Å². The fourth-order valence-electron chi connectivity index (χ4n) is 3.55. The van der Waals surface area contributed by atoms with Gasteiger partial charge in [-0.3, -0.25) is 0 Å². The van der Waals surface area contributed by atoms with E-state index in [2.05, 4.69) is 15.4 Å². The lowest BCUT2D eigenvalue weighted by Gasteiger charge is -2.27. The minimum Gasteiger partial charge on any atom is -0.489 e. The molecule has 0 saturated heterocycles. The molecular weight excluding hydrogens is 483 g/mol. The van der Waals surface area contributed by atoms with Gasteiger partial charge in [0.05, 0.1) is 12.7 Å². The molecule has 172 valence electrons. The molecule has 1 aliphatic heterocycles. The van der Waals surface area contributed by atoms with Gasteiger partial charge in [-0.1, -0.05) is 60.1 Å². The molecule has 10 heteroatoms. The number of aromatic nitrogens is 3. The number of rotatable bonds is 7. The number of esters is 1. The van der Waals surface area contributed by atoms with Gasteiger partial charge in [0.25, 0.3) is 0 Å². The molecule has 0 bridgehead atoms. The molecule has 0 radical (unpaired) electrons. The maximum Gasteiger partial charge on any atom is 0.338 e. The minimum absolute atomic E-state index is 0.306. The maximum atomic E-state index is 12.7. The number of methoxy groups -OCH3 is 1. The standard InChI is InChI=1S/C23H22Cl2N4O3S/c1-4-33-23-27-22-26-13(2)19(21(30)31-3)20(29(22)28-23)14-6-9-17(10-7-14)32-12-15-5-8-16(24)11-18(15)25/h5-11,20H,4,12H2,1-3H3,(H,26,27,28). The normalized spacial score (nSPS) is 15.1. The van der Waals surface area contributed by atoms with E-state index in [1.807, 2.05) is 44.2 Å². The average molecular weight is 505 g/mol. The molecule has 3 aromatic rings. The van der Waals surface area contributed by atoms with Crippen LogP contribution >= 0.6 is 35.0 Å². The van der Waals surface area contributed by atoms with Crippen molar-refractivity contribution < 1.29 is 14.3 Å². The van der Waals surface area contributed by atoms with Crippen molar-refractivity contribution >= 4 is 46.9 Å². The van der Waals surface area contributed by atoms with Crippen molar-refractivity contribution in [2.24, 2.45) is 0 Å². The van der Waals surface area contributed by atoms with Crippen LogP contribution in [-0.4, -0.2) is 33.6 Å². The molecule has 33 heavy (non-hydrogen) atoms. The Morgan fingerprint density at radius 2 is 1.97 bits per heavy atom. The van der Waals surface area contributed by atoms with Gasteiger partial charge in [0.15, 0.2) is 0 Å². The van der Waals surface area contributed by atoms with Gasteiger partial charge in [0, 0.05) is 21.3 Å². The lowest BCUT2D eigenvalue weighted by molar-refractivity contribution is -0.136. The van der Waals surface area contributed by atoms with E-state index in [0.29, 0.717) is 44.8 Å². The second kappa shape index (κ2) is 10.1. The highest BCUT2D eigenvalue weighted by atomic mass is 35.5. The number of anilines is 1. The molecule has 4 rings (SSSR count). The summed E-state index contributed by atoms with van der Waals surface area (Å²) in [5, 5.41) is 9.56. The van der Waals surface area contributed by atoms with E-state index in [1.165, 1.54) is 18.9 Å². The van der Waals surface area contributed by atoms with E-state index in [0.717, 1.165) is 16.9 Å². The van der Waals surface area contributed by atoms with E-state index in [9.17, 15) is 4.79 Å². The van der Waals surface area contributed by atoms with Crippen molar-refractivity contribution in [3.63, 3.8) is 0 Å². The number of fused-ring (bicyclic) bond motifs is 1. The Bertz CT molecular complexity index is 1210. The predicted octanol–water partition coefficient (Wildman–Crippen LogP) is 5.74. The monoisotopic (exact) mass is 504 g/mol. The second-order valence-corrected chi connectivity index (χ2v) is 9.32. The fourth-order valence-corrected chi connectivity index (χ4v) is 4.57. The Labute approximate surface area is 206 Å². The SMILES string of the molecule is CCSc1nc2n(n1)C(c1ccc(OCc3ccc(Cl)cc3Cl)cc1)C(C(=O)OC)=C(C)N2. The zero-order chi connectivity index (χ0) is 23.5. The summed E-state index contributed by atoms with van der Waals surface area (Å²) in [6, 6.07) is 12.3. The molecule has 0 spiro atoms. The Kier molecular flexibility index (Phi) is 7.17.